The molecule has 2 aromatic heterocycles. The summed E-state index contributed by atoms with van der Waals surface area (Å²) >= 11 is 0.889. The number of amides is 1. The molecule has 0 unspecified atom stereocenters. The Labute approximate surface area is 129 Å². The van der Waals surface area contributed by atoms with Gasteiger partial charge in [-0.3, -0.25) is 9.78 Å². The van der Waals surface area contributed by atoms with Crippen LogP contribution in [-0.4, -0.2) is 15.9 Å². The van der Waals surface area contributed by atoms with Gasteiger partial charge in [-0.15, -0.1) is 11.3 Å². The number of thiazole rings is 1. The predicted octanol–water partition coefficient (Wildman–Crippen LogP) is 3.75. The Morgan fingerprint density at radius 3 is 2.73 bits per heavy atom. The Hall–Kier alpha value is -1.96. The van der Waals surface area contributed by atoms with Gasteiger partial charge in [0.05, 0.1) is 11.6 Å². The maximum Gasteiger partial charge on any atom is 0.434 e. The lowest BCUT2D eigenvalue weighted by atomic mass is 10.1. The highest BCUT2D eigenvalue weighted by Crippen LogP contribution is 2.32. The molecule has 8 heteroatoms. The number of alkyl halides is 3. The molecule has 0 bridgehead atoms. The molecule has 2 rings (SSSR count). The zero-order valence-electron chi connectivity index (χ0n) is 11.9. The highest BCUT2D eigenvalue weighted by molar-refractivity contribution is 7.09. The van der Waals surface area contributed by atoms with Crippen LogP contribution in [0.15, 0.2) is 23.7 Å². The van der Waals surface area contributed by atoms with Gasteiger partial charge in [-0.25, -0.2) is 4.98 Å². The number of nitrogens with zero attached hydrogens (tertiary/aromatic N) is 2. The number of hydrogen-bond acceptors (Lipinski definition) is 4. The first-order chi connectivity index (χ1) is 10.3. The number of hydrogen-bond donors (Lipinski definition) is 1. The van der Waals surface area contributed by atoms with Crippen molar-refractivity contribution in [3.63, 3.8) is 0 Å². The van der Waals surface area contributed by atoms with E-state index in [1.54, 1.807) is 32.2 Å². The van der Waals surface area contributed by atoms with Crippen molar-refractivity contribution in [2.45, 2.75) is 32.5 Å². The van der Waals surface area contributed by atoms with Crippen LogP contribution in [0.3, 0.4) is 0 Å². The van der Waals surface area contributed by atoms with E-state index >= 15 is 0 Å². The number of pyridine rings is 1. The van der Waals surface area contributed by atoms with Crippen LogP contribution < -0.4 is 5.32 Å². The number of aromatic nitrogens is 2. The van der Waals surface area contributed by atoms with Crippen LogP contribution >= 0.6 is 11.3 Å². The second kappa shape index (κ2) is 6.43. The number of nitrogens with one attached hydrogen (secondary N) is 1. The lowest BCUT2D eigenvalue weighted by Crippen LogP contribution is -2.29. The highest BCUT2D eigenvalue weighted by Gasteiger charge is 2.34. The van der Waals surface area contributed by atoms with Gasteiger partial charge in [-0.2, -0.15) is 13.2 Å². The Kier molecular flexibility index (Phi) is 4.80. The van der Waals surface area contributed by atoms with Gasteiger partial charge in [-0.05, 0) is 25.5 Å². The number of carbonyl (C=O) groups excluding carboxylic acids is 1. The molecule has 4 nitrogen and oxygen atoms in total. The van der Waals surface area contributed by atoms with Gasteiger partial charge in [-0.1, -0.05) is 6.92 Å². The maximum atomic E-state index is 12.6. The van der Waals surface area contributed by atoms with Gasteiger partial charge >= 0.3 is 6.18 Å². The van der Waals surface area contributed by atoms with Crippen LogP contribution in [0.4, 0.5) is 13.2 Å². The third-order valence-corrected chi connectivity index (χ3v) is 4.03. The fraction of sp³-hybridized carbons (Fsp3) is 0.357. The van der Waals surface area contributed by atoms with Gasteiger partial charge in [0, 0.05) is 17.3 Å². The Morgan fingerprint density at radius 2 is 2.18 bits per heavy atom. The maximum absolute atomic E-state index is 12.6. The molecule has 0 spiro atoms. The van der Waals surface area contributed by atoms with Crippen LogP contribution in [0, 0.1) is 6.92 Å². The molecular weight excluding hydrogens is 315 g/mol. The molecule has 0 saturated carbocycles. The summed E-state index contributed by atoms with van der Waals surface area (Å²) in [7, 11) is 0. The SMILES string of the molecule is CC[C@H](NC(=O)c1cccnc1C)c1nc(C(F)(F)F)cs1. The zero-order valence-corrected chi connectivity index (χ0v) is 12.8. The van der Waals surface area contributed by atoms with Gasteiger partial charge < -0.3 is 5.32 Å². The van der Waals surface area contributed by atoms with Crippen molar-refractivity contribution in [1.82, 2.24) is 15.3 Å². The van der Waals surface area contributed by atoms with Crippen molar-refractivity contribution in [2.75, 3.05) is 0 Å². The summed E-state index contributed by atoms with van der Waals surface area (Å²) in [6, 6.07) is 2.69. The number of aryl methyl sites for hydroxylation is 1. The molecule has 2 aromatic rings. The lowest BCUT2D eigenvalue weighted by molar-refractivity contribution is -0.140. The predicted molar refractivity (Wildman–Crippen MR) is 76.6 cm³/mol. The van der Waals surface area contributed by atoms with E-state index in [0.29, 0.717) is 17.7 Å². The molecule has 0 aliphatic carbocycles. The average Bonchev–Trinajstić information content (AvgIpc) is 2.94. The molecule has 22 heavy (non-hydrogen) atoms. The van der Waals surface area contributed by atoms with Gasteiger partial charge in [0.2, 0.25) is 0 Å². The minimum absolute atomic E-state index is 0.240. The lowest BCUT2D eigenvalue weighted by Gasteiger charge is -2.15. The minimum Gasteiger partial charge on any atom is -0.343 e. The fourth-order valence-corrected chi connectivity index (χ4v) is 2.84. The van der Waals surface area contributed by atoms with Crippen molar-refractivity contribution in [2.24, 2.45) is 0 Å². The first kappa shape index (κ1) is 16.4. The largest absolute Gasteiger partial charge is 0.434 e. The Balaban J connectivity index is 2.18. The van der Waals surface area contributed by atoms with Crippen LogP contribution in [-0.2, 0) is 6.18 Å². The van der Waals surface area contributed by atoms with E-state index in [9.17, 15) is 18.0 Å². The van der Waals surface area contributed by atoms with E-state index in [4.69, 9.17) is 0 Å². The second-order valence-corrected chi connectivity index (χ2v) is 5.53. The molecule has 1 N–H and O–H groups in total. The molecule has 0 saturated heterocycles. The van der Waals surface area contributed by atoms with E-state index in [2.05, 4.69) is 15.3 Å². The Morgan fingerprint density at radius 1 is 1.45 bits per heavy atom. The standard InChI is InChI=1S/C14H14F3N3OS/c1-3-10(13-20-11(7-22-13)14(15,16)17)19-12(21)9-5-4-6-18-8(9)2/h4-7,10H,3H2,1-2H3,(H,19,21)/t10-/m0/s1. The van der Waals surface area contributed by atoms with Crippen LogP contribution in [0.2, 0.25) is 0 Å². The number of rotatable bonds is 4. The fourth-order valence-electron chi connectivity index (χ4n) is 1.88. The summed E-state index contributed by atoms with van der Waals surface area (Å²) < 4.78 is 37.8. The first-order valence-electron chi connectivity index (χ1n) is 6.58. The van der Waals surface area contributed by atoms with E-state index < -0.39 is 17.9 Å². The van der Waals surface area contributed by atoms with E-state index in [-0.39, 0.29) is 10.9 Å². The van der Waals surface area contributed by atoms with Crippen molar-refractivity contribution >= 4 is 17.2 Å². The van der Waals surface area contributed by atoms with Crippen molar-refractivity contribution in [3.05, 3.63) is 45.7 Å². The molecule has 0 aromatic carbocycles. The quantitative estimate of drug-likeness (QED) is 0.929. The van der Waals surface area contributed by atoms with E-state index in [0.717, 1.165) is 16.7 Å². The molecule has 1 atom stereocenters. The smallest absolute Gasteiger partial charge is 0.343 e. The molecular formula is C14H14F3N3OS. The molecule has 0 radical (unpaired) electrons. The summed E-state index contributed by atoms with van der Waals surface area (Å²) in [6.45, 7) is 3.47. The second-order valence-electron chi connectivity index (χ2n) is 4.64. The summed E-state index contributed by atoms with van der Waals surface area (Å²) in [6.07, 6.45) is -2.47. The highest BCUT2D eigenvalue weighted by atomic mass is 32.1. The summed E-state index contributed by atoms with van der Waals surface area (Å²) in [5.41, 5.74) is 0.0243. The molecule has 2 heterocycles. The molecule has 0 fully saturated rings. The zero-order chi connectivity index (χ0) is 16.3. The first-order valence-corrected chi connectivity index (χ1v) is 7.46. The van der Waals surface area contributed by atoms with Gasteiger partial charge in [0.15, 0.2) is 5.69 Å². The van der Waals surface area contributed by atoms with Crippen LogP contribution in [0.1, 0.15) is 46.1 Å². The third kappa shape index (κ3) is 3.62. The monoisotopic (exact) mass is 329 g/mol. The summed E-state index contributed by atoms with van der Waals surface area (Å²) in [5.74, 6) is -0.374. The Bertz CT molecular complexity index is 669. The van der Waals surface area contributed by atoms with E-state index in [1.807, 2.05) is 0 Å². The van der Waals surface area contributed by atoms with Gasteiger partial charge in [0.1, 0.15) is 5.01 Å². The van der Waals surface area contributed by atoms with E-state index in [1.165, 1.54) is 0 Å². The van der Waals surface area contributed by atoms with Crippen molar-refractivity contribution in [3.8, 4) is 0 Å². The van der Waals surface area contributed by atoms with Crippen molar-refractivity contribution < 1.29 is 18.0 Å². The topological polar surface area (TPSA) is 54.9 Å². The number of halogens is 3. The summed E-state index contributed by atoms with van der Waals surface area (Å²) in [4.78, 5) is 19.8. The normalized spacial score (nSPS) is 13.0. The third-order valence-electron chi connectivity index (χ3n) is 3.08. The molecule has 0 aliphatic heterocycles. The minimum atomic E-state index is -4.48. The molecule has 118 valence electrons. The van der Waals surface area contributed by atoms with Crippen LogP contribution in [0.5, 0.6) is 0 Å². The molecule has 1 amide bonds. The molecule has 0 aliphatic rings. The summed E-state index contributed by atoms with van der Waals surface area (Å²) in [5, 5.41) is 3.90. The number of carbonyl (C=O) groups is 1. The van der Waals surface area contributed by atoms with Crippen LogP contribution in [0.25, 0.3) is 0 Å². The van der Waals surface area contributed by atoms with Crippen molar-refractivity contribution in [1.29, 1.82) is 0 Å². The average molecular weight is 329 g/mol. The van der Waals surface area contributed by atoms with Gasteiger partial charge in [0.25, 0.3) is 5.91 Å².